The maximum atomic E-state index is 10.8. The number of aromatic carboxylic acids is 1. The molecule has 0 unspecified atom stereocenters. The number of hydrogen-bond donors (Lipinski definition) is 3. The van der Waals surface area contributed by atoms with Gasteiger partial charge in [-0.05, 0) is 13.0 Å². The fourth-order valence-electron chi connectivity index (χ4n) is 1.19. The molecule has 2 aromatic rings. The minimum Gasteiger partial charge on any atom is -0.478 e. The Morgan fingerprint density at radius 2 is 2.29 bits per heavy atom. The molecular weight excluding hydrogens is 184 g/mol. The summed E-state index contributed by atoms with van der Waals surface area (Å²) in [5.74, 6) is -1.02. The Kier molecular flexibility index (Phi) is 1.81. The third-order valence-electron chi connectivity index (χ3n) is 1.83. The van der Waals surface area contributed by atoms with Crippen LogP contribution in [-0.4, -0.2) is 31.5 Å². The second-order valence-electron chi connectivity index (χ2n) is 2.90. The van der Waals surface area contributed by atoms with Gasteiger partial charge < -0.3 is 5.11 Å². The van der Waals surface area contributed by atoms with Crippen molar-refractivity contribution < 1.29 is 9.90 Å². The number of rotatable bonds is 2. The van der Waals surface area contributed by atoms with Crippen LogP contribution in [0.5, 0.6) is 0 Å². The number of carboxylic acid groups (broad SMARTS) is 1. The molecule has 0 saturated carbocycles. The van der Waals surface area contributed by atoms with E-state index in [9.17, 15) is 4.79 Å². The number of carbonyl (C=O) groups is 1. The van der Waals surface area contributed by atoms with Gasteiger partial charge in [0.1, 0.15) is 11.3 Å². The highest BCUT2D eigenvalue weighted by Crippen LogP contribution is 2.18. The van der Waals surface area contributed by atoms with E-state index in [1.807, 2.05) is 6.92 Å². The summed E-state index contributed by atoms with van der Waals surface area (Å²) >= 11 is 0. The van der Waals surface area contributed by atoms with Gasteiger partial charge in [-0.2, -0.15) is 10.2 Å². The molecule has 3 N–H and O–H groups in total. The zero-order chi connectivity index (χ0) is 10.1. The van der Waals surface area contributed by atoms with Crippen molar-refractivity contribution in [3.63, 3.8) is 0 Å². The van der Waals surface area contributed by atoms with Crippen LogP contribution in [0.3, 0.4) is 0 Å². The highest BCUT2D eigenvalue weighted by molar-refractivity contribution is 5.93. The van der Waals surface area contributed by atoms with E-state index in [0.29, 0.717) is 11.4 Å². The summed E-state index contributed by atoms with van der Waals surface area (Å²) in [5.41, 5.74) is 1.96. The van der Waals surface area contributed by atoms with Gasteiger partial charge >= 0.3 is 5.97 Å². The van der Waals surface area contributed by atoms with Crippen molar-refractivity contribution in [2.75, 3.05) is 0 Å². The number of nitrogens with zero attached hydrogens (tertiary/aromatic N) is 2. The molecular formula is C8H8N4O2. The predicted molar refractivity (Wildman–Crippen MR) is 47.9 cm³/mol. The van der Waals surface area contributed by atoms with Crippen molar-refractivity contribution in [1.29, 1.82) is 0 Å². The molecule has 72 valence electrons. The van der Waals surface area contributed by atoms with Gasteiger partial charge in [-0.3, -0.25) is 10.2 Å². The zero-order valence-corrected chi connectivity index (χ0v) is 7.40. The lowest BCUT2D eigenvalue weighted by Crippen LogP contribution is -1.96. The summed E-state index contributed by atoms with van der Waals surface area (Å²) in [7, 11) is 0. The Bertz CT molecular complexity index is 471. The van der Waals surface area contributed by atoms with Crippen LogP contribution >= 0.6 is 0 Å². The first-order chi connectivity index (χ1) is 6.68. The fraction of sp³-hybridized carbons (Fsp3) is 0.125. The summed E-state index contributed by atoms with van der Waals surface area (Å²) < 4.78 is 0. The number of aromatic amines is 2. The van der Waals surface area contributed by atoms with Crippen LogP contribution in [0.15, 0.2) is 12.3 Å². The lowest BCUT2D eigenvalue weighted by atomic mass is 10.2. The van der Waals surface area contributed by atoms with E-state index in [-0.39, 0.29) is 5.56 Å². The molecule has 0 aromatic carbocycles. The molecule has 2 aromatic heterocycles. The Morgan fingerprint density at radius 3 is 2.86 bits per heavy atom. The highest BCUT2D eigenvalue weighted by atomic mass is 16.4. The molecule has 6 heteroatoms. The molecule has 2 rings (SSSR count). The van der Waals surface area contributed by atoms with Crippen molar-refractivity contribution >= 4 is 5.97 Å². The first-order valence-corrected chi connectivity index (χ1v) is 3.97. The molecule has 0 fully saturated rings. The molecule has 0 radical (unpaired) electrons. The number of nitrogens with one attached hydrogen (secondary N) is 2. The van der Waals surface area contributed by atoms with Gasteiger partial charge in [0.15, 0.2) is 0 Å². The minimum atomic E-state index is -1.02. The molecule has 0 spiro atoms. The zero-order valence-electron chi connectivity index (χ0n) is 7.40. The van der Waals surface area contributed by atoms with Crippen LogP contribution in [-0.2, 0) is 0 Å². The van der Waals surface area contributed by atoms with Gasteiger partial charge in [0.2, 0.25) is 0 Å². The average molecular weight is 192 g/mol. The summed E-state index contributed by atoms with van der Waals surface area (Å²) in [6.45, 7) is 1.84. The molecule has 6 nitrogen and oxygen atoms in total. The average Bonchev–Trinajstić information content (AvgIpc) is 2.70. The lowest BCUT2D eigenvalue weighted by Gasteiger charge is -1.92. The monoisotopic (exact) mass is 192 g/mol. The highest BCUT2D eigenvalue weighted by Gasteiger charge is 2.15. The summed E-state index contributed by atoms with van der Waals surface area (Å²) in [4.78, 5) is 10.8. The second-order valence-corrected chi connectivity index (χ2v) is 2.90. The Labute approximate surface area is 79.0 Å². The third-order valence-corrected chi connectivity index (χ3v) is 1.83. The predicted octanol–water partition coefficient (Wildman–Crippen LogP) is 0.806. The number of aryl methyl sites for hydroxylation is 1. The fourth-order valence-corrected chi connectivity index (χ4v) is 1.19. The molecule has 0 aliphatic heterocycles. The van der Waals surface area contributed by atoms with Crippen molar-refractivity contribution in [3.8, 4) is 11.4 Å². The van der Waals surface area contributed by atoms with Crippen LogP contribution in [0.4, 0.5) is 0 Å². The van der Waals surface area contributed by atoms with Gasteiger partial charge in [-0.1, -0.05) is 0 Å². The van der Waals surface area contributed by atoms with Crippen molar-refractivity contribution in [3.05, 3.63) is 23.5 Å². The third kappa shape index (κ3) is 1.26. The van der Waals surface area contributed by atoms with E-state index >= 15 is 0 Å². The van der Waals surface area contributed by atoms with E-state index < -0.39 is 5.97 Å². The SMILES string of the molecule is Cc1cc(-c2[nH]ncc2C(=O)O)n[nH]1. The van der Waals surface area contributed by atoms with Gasteiger partial charge in [0, 0.05) is 5.69 Å². The first kappa shape index (κ1) is 8.49. The maximum absolute atomic E-state index is 10.8. The van der Waals surface area contributed by atoms with Crippen LogP contribution < -0.4 is 0 Å². The van der Waals surface area contributed by atoms with Gasteiger partial charge in [-0.25, -0.2) is 4.79 Å². The Hall–Kier alpha value is -2.11. The summed E-state index contributed by atoms with van der Waals surface area (Å²) in [6, 6.07) is 1.75. The molecule has 0 aliphatic carbocycles. The normalized spacial score (nSPS) is 10.4. The molecule has 0 bridgehead atoms. The summed E-state index contributed by atoms with van der Waals surface area (Å²) in [6.07, 6.45) is 1.27. The van der Waals surface area contributed by atoms with Crippen molar-refractivity contribution in [2.45, 2.75) is 6.92 Å². The van der Waals surface area contributed by atoms with Gasteiger partial charge in [0.25, 0.3) is 0 Å². The number of hydrogen-bond acceptors (Lipinski definition) is 3. The van der Waals surface area contributed by atoms with E-state index in [2.05, 4.69) is 20.4 Å². The van der Waals surface area contributed by atoms with Crippen LogP contribution in [0, 0.1) is 6.92 Å². The van der Waals surface area contributed by atoms with E-state index in [0.717, 1.165) is 5.69 Å². The molecule has 14 heavy (non-hydrogen) atoms. The van der Waals surface area contributed by atoms with E-state index in [4.69, 9.17) is 5.11 Å². The maximum Gasteiger partial charge on any atom is 0.339 e. The Balaban J connectivity index is 2.51. The lowest BCUT2D eigenvalue weighted by molar-refractivity contribution is 0.0698. The van der Waals surface area contributed by atoms with E-state index in [1.165, 1.54) is 6.20 Å². The second kappa shape index (κ2) is 2.99. The molecule has 0 aliphatic rings. The smallest absolute Gasteiger partial charge is 0.339 e. The van der Waals surface area contributed by atoms with Crippen molar-refractivity contribution in [1.82, 2.24) is 20.4 Å². The number of aromatic nitrogens is 4. The number of carboxylic acids is 1. The molecule has 0 amide bonds. The van der Waals surface area contributed by atoms with Crippen LogP contribution in [0.25, 0.3) is 11.4 Å². The molecule has 2 heterocycles. The van der Waals surface area contributed by atoms with Crippen LogP contribution in [0.2, 0.25) is 0 Å². The van der Waals surface area contributed by atoms with Crippen molar-refractivity contribution in [2.24, 2.45) is 0 Å². The van der Waals surface area contributed by atoms with E-state index in [1.54, 1.807) is 6.07 Å². The molecule has 0 saturated heterocycles. The quantitative estimate of drug-likeness (QED) is 0.656. The van der Waals surface area contributed by atoms with Gasteiger partial charge in [0.05, 0.1) is 11.9 Å². The van der Waals surface area contributed by atoms with Crippen LogP contribution in [0.1, 0.15) is 16.1 Å². The molecule has 0 atom stereocenters. The standard InChI is InChI=1S/C8H8N4O2/c1-4-2-6(11-10-4)7-5(8(13)14)3-9-12-7/h2-3H,1H3,(H,9,12)(H,10,11)(H,13,14). The van der Waals surface area contributed by atoms with Gasteiger partial charge in [-0.15, -0.1) is 0 Å². The largest absolute Gasteiger partial charge is 0.478 e. The number of H-pyrrole nitrogens is 2. The summed E-state index contributed by atoms with van der Waals surface area (Å²) in [5, 5.41) is 21.8. The Morgan fingerprint density at radius 1 is 1.50 bits per heavy atom. The topological polar surface area (TPSA) is 94.7 Å². The first-order valence-electron chi connectivity index (χ1n) is 3.97. The minimum absolute atomic E-state index is 0.122.